The highest BCUT2D eigenvalue weighted by Crippen LogP contribution is 2.21. The minimum Gasteiger partial charge on any atom is -0.351 e. The molecule has 0 unspecified atom stereocenters. The molecule has 4 rings (SSSR count). The third kappa shape index (κ3) is 4.20. The van der Waals surface area contributed by atoms with Gasteiger partial charge in [-0.2, -0.15) is 0 Å². The summed E-state index contributed by atoms with van der Waals surface area (Å²) in [6, 6.07) is 18.6. The Hall–Kier alpha value is -2.65. The molecule has 0 amide bonds. The number of fused-ring (bicyclic) bond motifs is 1. The fourth-order valence-electron chi connectivity index (χ4n) is 3.90. The van der Waals surface area contributed by atoms with Crippen molar-refractivity contribution in [2.45, 2.75) is 19.4 Å². The third-order valence-corrected chi connectivity index (χ3v) is 5.57. The minimum atomic E-state index is 0.104. The number of carbonyl (C=O) groups is 1. The highest BCUT2D eigenvalue weighted by molar-refractivity contribution is 6.06. The molecule has 1 aromatic heterocycles. The summed E-state index contributed by atoms with van der Waals surface area (Å²) >= 11 is 0. The Balaban J connectivity index is 1.32. The van der Waals surface area contributed by atoms with Crippen molar-refractivity contribution in [3.05, 3.63) is 84.1 Å². The molecule has 0 bridgehead atoms. The molecule has 0 N–H and O–H groups in total. The van der Waals surface area contributed by atoms with E-state index in [0.717, 1.165) is 48.9 Å². The van der Waals surface area contributed by atoms with Crippen LogP contribution in [-0.4, -0.2) is 28.3 Å². The molecule has 0 saturated carbocycles. The second kappa shape index (κ2) is 7.93. The summed E-state index contributed by atoms with van der Waals surface area (Å²) in [6.45, 7) is 3.20. The van der Waals surface area contributed by atoms with Gasteiger partial charge in [-0.05, 0) is 67.8 Å². The predicted molar refractivity (Wildman–Crippen MR) is 111 cm³/mol. The number of hydrogen-bond acceptors (Lipinski definition) is 2. The Morgan fingerprint density at radius 1 is 1.07 bits per heavy atom. The number of likely N-dealkylation sites (tertiary alicyclic amines) is 1. The van der Waals surface area contributed by atoms with Crippen LogP contribution in [0.2, 0.25) is 0 Å². The van der Waals surface area contributed by atoms with Crippen LogP contribution in [0.4, 0.5) is 0 Å². The lowest BCUT2D eigenvalue weighted by atomic mass is 9.95. The number of aryl methyl sites for hydroxylation is 1. The molecular formula is C24H26N2O. The Morgan fingerprint density at radius 3 is 2.63 bits per heavy atom. The monoisotopic (exact) mass is 358 g/mol. The average Bonchev–Trinajstić information content (AvgIpc) is 3.08. The van der Waals surface area contributed by atoms with Crippen molar-refractivity contribution >= 4 is 16.7 Å². The van der Waals surface area contributed by atoms with E-state index >= 15 is 0 Å². The smallest absolute Gasteiger partial charge is 0.185 e. The molecule has 138 valence electrons. The first-order valence-electron chi connectivity index (χ1n) is 9.73. The molecule has 0 radical (unpaired) electrons. The molecule has 2 aromatic carbocycles. The van der Waals surface area contributed by atoms with Gasteiger partial charge in [0.2, 0.25) is 0 Å². The van der Waals surface area contributed by atoms with Crippen molar-refractivity contribution in [2.24, 2.45) is 13.0 Å². The van der Waals surface area contributed by atoms with Crippen LogP contribution in [0.3, 0.4) is 0 Å². The Labute approximate surface area is 160 Å². The summed E-state index contributed by atoms with van der Waals surface area (Å²) in [4.78, 5) is 15.0. The maximum absolute atomic E-state index is 12.5. The Morgan fingerprint density at radius 2 is 1.85 bits per heavy atom. The quantitative estimate of drug-likeness (QED) is 0.482. The molecule has 1 saturated heterocycles. The highest BCUT2D eigenvalue weighted by Gasteiger charge is 2.17. The molecular weight excluding hydrogens is 332 g/mol. The van der Waals surface area contributed by atoms with E-state index in [2.05, 4.69) is 51.9 Å². The van der Waals surface area contributed by atoms with E-state index in [1.54, 1.807) is 6.08 Å². The number of nitrogens with zero attached hydrogens (tertiary/aromatic N) is 2. The number of carbonyl (C=O) groups excluding carboxylic acids is 1. The van der Waals surface area contributed by atoms with Gasteiger partial charge in [-0.15, -0.1) is 0 Å². The standard InChI is InChI=1S/C24H26N2O/c1-25-14-13-21-17-22(8-9-23(21)25)24(27)10-7-19-11-15-26(16-12-19)18-20-5-3-2-4-6-20/h2-10,13-14,17,19H,11-12,15-16,18H2,1H3/b10-7+. The largest absolute Gasteiger partial charge is 0.351 e. The molecule has 0 spiro atoms. The van der Waals surface area contributed by atoms with E-state index in [-0.39, 0.29) is 5.78 Å². The SMILES string of the molecule is Cn1ccc2cc(C(=O)/C=C/C3CCN(Cc4ccccc4)CC3)ccc21. The first kappa shape index (κ1) is 17.7. The van der Waals surface area contributed by atoms with E-state index in [1.807, 2.05) is 31.4 Å². The number of allylic oxidation sites excluding steroid dienone is 2. The van der Waals surface area contributed by atoms with Gasteiger partial charge in [-0.1, -0.05) is 36.4 Å². The van der Waals surface area contributed by atoms with Crippen LogP contribution in [0.15, 0.2) is 72.9 Å². The lowest BCUT2D eigenvalue weighted by Crippen LogP contribution is -2.32. The van der Waals surface area contributed by atoms with Crippen LogP contribution in [0.25, 0.3) is 10.9 Å². The molecule has 27 heavy (non-hydrogen) atoms. The summed E-state index contributed by atoms with van der Waals surface area (Å²) in [6.07, 6.45) is 8.17. The predicted octanol–water partition coefficient (Wildman–Crippen LogP) is 4.83. The lowest BCUT2D eigenvalue weighted by molar-refractivity contribution is 0.104. The van der Waals surface area contributed by atoms with Gasteiger partial charge < -0.3 is 4.57 Å². The van der Waals surface area contributed by atoms with Gasteiger partial charge in [0.05, 0.1) is 0 Å². The molecule has 0 aliphatic carbocycles. The van der Waals surface area contributed by atoms with Crippen molar-refractivity contribution in [3.63, 3.8) is 0 Å². The number of hydrogen-bond donors (Lipinski definition) is 0. The fraction of sp³-hybridized carbons (Fsp3) is 0.292. The minimum absolute atomic E-state index is 0.104. The van der Waals surface area contributed by atoms with Gasteiger partial charge in [0, 0.05) is 36.3 Å². The summed E-state index contributed by atoms with van der Waals surface area (Å²) in [5.74, 6) is 0.605. The number of aromatic nitrogens is 1. The third-order valence-electron chi connectivity index (χ3n) is 5.57. The maximum Gasteiger partial charge on any atom is 0.185 e. The van der Waals surface area contributed by atoms with Crippen LogP contribution in [-0.2, 0) is 13.6 Å². The zero-order valence-corrected chi connectivity index (χ0v) is 15.8. The van der Waals surface area contributed by atoms with Crippen molar-refractivity contribution < 1.29 is 4.79 Å². The van der Waals surface area contributed by atoms with E-state index in [9.17, 15) is 4.79 Å². The molecule has 1 aliphatic heterocycles. The number of benzene rings is 2. The summed E-state index contributed by atoms with van der Waals surface area (Å²) in [7, 11) is 2.02. The molecule has 3 nitrogen and oxygen atoms in total. The van der Waals surface area contributed by atoms with Gasteiger partial charge in [0.15, 0.2) is 5.78 Å². The first-order valence-corrected chi connectivity index (χ1v) is 9.73. The van der Waals surface area contributed by atoms with E-state index in [4.69, 9.17) is 0 Å². The summed E-state index contributed by atoms with van der Waals surface area (Å²) in [5, 5.41) is 1.12. The zero-order chi connectivity index (χ0) is 18.6. The van der Waals surface area contributed by atoms with E-state index < -0.39 is 0 Å². The van der Waals surface area contributed by atoms with Crippen molar-refractivity contribution in [3.8, 4) is 0 Å². The van der Waals surface area contributed by atoms with E-state index in [0.29, 0.717) is 5.92 Å². The lowest BCUT2D eigenvalue weighted by Gasteiger charge is -2.30. The molecule has 0 atom stereocenters. The molecule has 3 aromatic rings. The normalized spacial score (nSPS) is 16.3. The Bertz CT molecular complexity index is 947. The average molecular weight is 358 g/mol. The summed E-state index contributed by atoms with van der Waals surface area (Å²) in [5.41, 5.74) is 3.30. The number of ketones is 1. The first-order chi connectivity index (χ1) is 13.2. The van der Waals surface area contributed by atoms with E-state index in [1.165, 1.54) is 5.56 Å². The van der Waals surface area contributed by atoms with Crippen LogP contribution >= 0.6 is 0 Å². The van der Waals surface area contributed by atoms with Crippen molar-refractivity contribution in [1.29, 1.82) is 0 Å². The van der Waals surface area contributed by atoms with Crippen molar-refractivity contribution in [2.75, 3.05) is 13.1 Å². The Kier molecular flexibility index (Phi) is 5.21. The van der Waals surface area contributed by atoms with Gasteiger partial charge in [-0.3, -0.25) is 9.69 Å². The fourth-order valence-corrected chi connectivity index (χ4v) is 3.90. The highest BCUT2D eigenvalue weighted by atomic mass is 16.1. The second-order valence-corrected chi connectivity index (χ2v) is 7.52. The van der Waals surface area contributed by atoms with Crippen LogP contribution < -0.4 is 0 Å². The van der Waals surface area contributed by atoms with Gasteiger partial charge in [-0.25, -0.2) is 0 Å². The molecule has 2 heterocycles. The molecule has 1 fully saturated rings. The number of piperidine rings is 1. The topological polar surface area (TPSA) is 25.2 Å². The second-order valence-electron chi connectivity index (χ2n) is 7.52. The van der Waals surface area contributed by atoms with Crippen molar-refractivity contribution in [1.82, 2.24) is 9.47 Å². The van der Waals surface area contributed by atoms with Crippen LogP contribution in [0.5, 0.6) is 0 Å². The maximum atomic E-state index is 12.5. The summed E-state index contributed by atoms with van der Waals surface area (Å²) < 4.78 is 2.07. The molecule has 1 aliphatic rings. The van der Waals surface area contributed by atoms with Crippen LogP contribution in [0, 0.1) is 5.92 Å². The van der Waals surface area contributed by atoms with Gasteiger partial charge in [0.1, 0.15) is 0 Å². The van der Waals surface area contributed by atoms with Crippen LogP contribution in [0.1, 0.15) is 28.8 Å². The zero-order valence-electron chi connectivity index (χ0n) is 15.8. The van der Waals surface area contributed by atoms with Gasteiger partial charge >= 0.3 is 0 Å². The molecule has 3 heteroatoms. The number of rotatable bonds is 5. The van der Waals surface area contributed by atoms with Gasteiger partial charge in [0.25, 0.3) is 0 Å².